The third kappa shape index (κ3) is 1.85. The molecule has 2 bridgehead atoms. The van der Waals surface area contributed by atoms with Crippen molar-refractivity contribution in [2.24, 2.45) is 0 Å². The Morgan fingerprint density at radius 1 is 1.47 bits per heavy atom. The van der Waals surface area contributed by atoms with E-state index in [0.29, 0.717) is 12.0 Å². The molecule has 2 aliphatic heterocycles. The Morgan fingerprint density at radius 2 is 2.33 bits per heavy atom. The molecule has 1 aromatic rings. The van der Waals surface area contributed by atoms with E-state index in [1.165, 1.54) is 24.8 Å². The van der Waals surface area contributed by atoms with Crippen molar-refractivity contribution < 1.29 is 0 Å². The Morgan fingerprint density at radius 3 is 2.93 bits per heavy atom. The van der Waals surface area contributed by atoms with E-state index in [4.69, 9.17) is 0 Å². The van der Waals surface area contributed by atoms with E-state index < -0.39 is 0 Å². The van der Waals surface area contributed by atoms with Crippen LogP contribution in [0, 0.1) is 3.70 Å². The van der Waals surface area contributed by atoms with Gasteiger partial charge in [-0.3, -0.25) is 0 Å². The molecule has 3 atom stereocenters. The fourth-order valence-electron chi connectivity index (χ4n) is 2.83. The maximum absolute atomic E-state index is 4.42. The Labute approximate surface area is 112 Å². The van der Waals surface area contributed by atoms with Crippen LogP contribution >= 0.6 is 38.5 Å². The lowest BCUT2D eigenvalue weighted by Crippen LogP contribution is -2.21. The molecule has 2 nitrogen and oxygen atoms in total. The van der Waals surface area contributed by atoms with E-state index in [0.717, 1.165) is 14.2 Å². The van der Waals surface area contributed by atoms with Gasteiger partial charge in [0.2, 0.25) is 0 Å². The molecule has 1 aromatic heterocycles. The largest absolute Gasteiger partial charge is 0.311 e. The summed E-state index contributed by atoms with van der Waals surface area (Å²) in [5.74, 6) is 0.685. The van der Waals surface area contributed by atoms with E-state index in [9.17, 15) is 0 Å². The second-order valence-electron chi connectivity index (χ2n) is 4.43. The molecule has 2 unspecified atom stereocenters. The summed E-state index contributed by atoms with van der Waals surface area (Å²) in [6.07, 6.45) is 6.03. The van der Waals surface area contributed by atoms with Gasteiger partial charge in [0.25, 0.3) is 0 Å². The third-order valence-corrected chi connectivity index (χ3v) is 5.75. The summed E-state index contributed by atoms with van der Waals surface area (Å²) in [4.78, 5) is 4.42. The highest BCUT2D eigenvalue weighted by atomic mass is 127. The molecule has 1 N–H and O–H groups in total. The van der Waals surface area contributed by atoms with Crippen LogP contribution in [0.5, 0.6) is 0 Å². The summed E-state index contributed by atoms with van der Waals surface area (Å²) in [5, 5.41) is 3.67. The van der Waals surface area contributed by atoms with Crippen LogP contribution < -0.4 is 5.32 Å². The maximum atomic E-state index is 4.42. The number of hydrogen-bond donors (Lipinski definition) is 1. The van der Waals surface area contributed by atoms with Crippen molar-refractivity contribution in [3.05, 3.63) is 26.0 Å². The lowest BCUT2D eigenvalue weighted by Gasteiger charge is -2.20. The second-order valence-corrected chi connectivity index (χ2v) is 6.31. The smallest absolute Gasteiger partial charge is 0.115 e. The average Bonchev–Trinajstić information content (AvgIpc) is 2.83. The van der Waals surface area contributed by atoms with E-state index in [1.54, 1.807) is 0 Å². The van der Waals surface area contributed by atoms with Crippen molar-refractivity contribution in [3.8, 4) is 0 Å². The molecule has 0 saturated carbocycles. The van der Waals surface area contributed by atoms with Crippen molar-refractivity contribution in [1.29, 1.82) is 0 Å². The zero-order valence-electron chi connectivity index (χ0n) is 8.21. The fraction of sp³-hybridized carbons (Fsp3) is 0.545. The SMILES string of the molecule is Brc1cc([C@H]2CC3CCC2N3)cnc1I. The van der Waals surface area contributed by atoms with Crippen LogP contribution in [0.2, 0.25) is 0 Å². The van der Waals surface area contributed by atoms with Crippen LogP contribution in [0.15, 0.2) is 16.7 Å². The van der Waals surface area contributed by atoms with Crippen molar-refractivity contribution in [1.82, 2.24) is 10.3 Å². The summed E-state index contributed by atoms with van der Waals surface area (Å²) in [7, 11) is 0. The van der Waals surface area contributed by atoms with Crippen LogP contribution in [0.3, 0.4) is 0 Å². The monoisotopic (exact) mass is 378 g/mol. The predicted molar refractivity (Wildman–Crippen MR) is 72.0 cm³/mol. The molecule has 15 heavy (non-hydrogen) atoms. The summed E-state index contributed by atoms with van der Waals surface area (Å²) in [6.45, 7) is 0. The molecule has 4 heteroatoms. The molecular formula is C11H12BrIN2. The van der Waals surface area contributed by atoms with Crippen LogP contribution in [0.25, 0.3) is 0 Å². The van der Waals surface area contributed by atoms with Crippen LogP contribution in [0.4, 0.5) is 0 Å². The molecule has 2 fully saturated rings. The van der Waals surface area contributed by atoms with Gasteiger partial charge in [0.15, 0.2) is 0 Å². The number of nitrogens with one attached hydrogen (secondary N) is 1. The number of rotatable bonds is 1. The first kappa shape index (κ1) is 10.5. The molecule has 3 heterocycles. The van der Waals surface area contributed by atoms with Crippen molar-refractivity contribution in [3.63, 3.8) is 0 Å². The van der Waals surface area contributed by atoms with Gasteiger partial charge in [-0.2, -0.15) is 0 Å². The van der Waals surface area contributed by atoms with Gasteiger partial charge in [0, 0.05) is 28.7 Å². The van der Waals surface area contributed by atoms with Gasteiger partial charge in [-0.05, 0) is 69.4 Å². The molecule has 0 aliphatic carbocycles. The van der Waals surface area contributed by atoms with Crippen LogP contribution in [0.1, 0.15) is 30.7 Å². The molecule has 0 amide bonds. The highest BCUT2D eigenvalue weighted by molar-refractivity contribution is 14.1. The Kier molecular flexibility index (Phi) is 2.77. The number of hydrogen-bond acceptors (Lipinski definition) is 2. The molecule has 0 radical (unpaired) electrons. The quantitative estimate of drug-likeness (QED) is 0.600. The molecule has 0 spiro atoms. The average molecular weight is 379 g/mol. The van der Waals surface area contributed by atoms with Gasteiger partial charge in [-0.25, -0.2) is 4.98 Å². The standard InChI is InChI=1S/C11H12BrIN2/c12-9-3-6(5-14-11(9)13)8-4-7-1-2-10(8)15-7/h3,5,7-8,10,15H,1-2,4H2/t7?,8-,10?/m1/s1. The highest BCUT2D eigenvalue weighted by Crippen LogP contribution is 2.40. The Bertz CT molecular complexity index is 396. The van der Waals surface area contributed by atoms with Gasteiger partial charge in [-0.1, -0.05) is 0 Å². The Balaban J connectivity index is 1.90. The normalized spacial score (nSPS) is 33.6. The second kappa shape index (κ2) is 3.96. The van der Waals surface area contributed by atoms with E-state index >= 15 is 0 Å². The number of nitrogens with zero attached hydrogens (tertiary/aromatic N) is 1. The van der Waals surface area contributed by atoms with Crippen molar-refractivity contribution in [2.45, 2.75) is 37.3 Å². The minimum absolute atomic E-state index is 0.685. The number of halogens is 2. The first-order valence-corrected chi connectivity index (χ1v) is 7.18. The highest BCUT2D eigenvalue weighted by Gasteiger charge is 2.39. The van der Waals surface area contributed by atoms with Crippen LogP contribution in [-0.2, 0) is 0 Å². The molecule has 0 aromatic carbocycles. The molecule has 2 aliphatic rings. The van der Waals surface area contributed by atoms with Gasteiger partial charge in [0.05, 0.1) is 0 Å². The van der Waals surface area contributed by atoms with Gasteiger partial charge < -0.3 is 5.32 Å². The van der Waals surface area contributed by atoms with Crippen LogP contribution in [-0.4, -0.2) is 17.1 Å². The van der Waals surface area contributed by atoms with Gasteiger partial charge in [0.1, 0.15) is 3.70 Å². The van der Waals surface area contributed by atoms with Crippen molar-refractivity contribution >= 4 is 38.5 Å². The summed E-state index contributed by atoms with van der Waals surface area (Å²) in [5.41, 5.74) is 1.39. The summed E-state index contributed by atoms with van der Waals surface area (Å²) >= 11 is 5.81. The first-order chi connectivity index (χ1) is 7.24. The third-order valence-electron chi connectivity index (χ3n) is 3.55. The number of pyridine rings is 1. The van der Waals surface area contributed by atoms with E-state index in [2.05, 4.69) is 54.9 Å². The minimum Gasteiger partial charge on any atom is -0.311 e. The maximum Gasteiger partial charge on any atom is 0.115 e. The molecule has 80 valence electrons. The molecule has 2 saturated heterocycles. The zero-order valence-corrected chi connectivity index (χ0v) is 12.0. The summed E-state index contributed by atoms with van der Waals surface area (Å²) < 4.78 is 2.18. The number of aromatic nitrogens is 1. The summed E-state index contributed by atoms with van der Waals surface area (Å²) in [6, 6.07) is 3.70. The van der Waals surface area contributed by atoms with Gasteiger partial charge >= 0.3 is 0 Å². The first-order valence-electron chi connectivity index (χ1n) is 5.31. The minimum atomic E-state index is 0.685. The van der Waals surface area contributed by atoms with Gasteiger partial charge in [-0.15, -0.1) is 0 Å². The topological polar surface area (TPSA) is 24.9 Å². The van der Waals surface area contributed by atoms with E-state index in [1.807, 2.05) is 6.20 Å². The lowest BCUT2D eigenvalue weighted by molar-refractivity contribution is 0.505. The van der Waals surface area contributed by atoms with Crippen molar-refractivity contribution in [2.75, 3.05) is 0 Å². The lowest BCUT2D eigenvalue weighted by atomic mass is 9.85. The predicted octanol–water partition coefficient (Wildman–Crippen LogP) is 3.06. The zero-order chi connectivity index (χ0) is 10.4. The molecular weight excluding hydrogens is 367 g/mol. The molecule has 3 rings (SSSR count). The Hall–Kier alpha value is 0.320. The van der Waals surface area contributed by atoms with E-state index in [-0.39, 0.29) is 0 Å². The fourth-order valence-corrected chi connectivity index (χ4v) is 3.49. The number of fused-ring (bicyclic) bond motifs is 2.